The quantitative estimate of drug-likeness (QED) is 0.851. The van der Waals surface area contributed by atoms with Gasteiger partial charge < -0.3 is 5.11 Å². The number of phenols is 1. The Bertz CT molecular complexity index is 553. The SMILES string of the molecule is Oc1ccc2c(c1)C1(CC1)CN(C1CCC(F)(F)C1)C2. The van der Waals surface area contributed by atoms with E-state index in [-0.39, 0.29) is 24.3 Å². The highest BCUT2D eigenvalue weighted by atomic mass is 19.3. The van der Waals surface area contributed by atoms with E-state index in [1.807, 2.05) is 12.1 Å². The second-order valence-electron chi connectivity index (χ2n) is 6.78. The molecular formula is C16H19F2NO. The summed E-state index contributed by atoms with van der Waals surface area (Å²) in [7, 11) is 0. The highest BCUT2D eigenvalue weighted by Crippen LogP contribution is 2.54. The average Bonchev–Trinajstić information content (AvgIpc) is 3.06. The molecule has 2 saturated carbocycles. The summed E-state index contributed by atoms with van der Waals surface area (Å²) in [6.45, 7) is 1.63. The van der Waals surface area contributed by atoms with E-state index in [2.05, 4.69) is 4.90 Å². The van der Waals surface area contributed by atoms with Crippen LogP contribution in [0.2, 0.25) is 0 Å². The third kappa shape index (κ3) is 1.93. The van der Waals surface area contributed by atoms with Gasteiger partial charge in [0.25, 0.3) is 0 Å². The van der Waals surface area contributed by atoms with Crippen molar-refractivity contribution in [3.8, 4) is 5.75 Å². The maximum atomic E-state index is 13.4. The van der Waals surface area contributed by atoms with Gasteiger partial charge in [-0.15, -0.1) is 0 Å². The Morgan fingerprint density at radius 3 is 2.65 bits per heavy atom. The predicted molar refractivity (Wildman–Crippen MR) is 72.0 cm³/mol. The van der Waals surface area contributed by atoms with Gasteiger partial charge in [0.15, 0.2) is 0 Å². The van der Waals surface area contributed by atoms with Gasteiger partial charge in [0, 0.05) is 37.4 Å². The minimum atomic E-state index is -2.48. The number of rotatable bonds is 1. The summed E-state index contributed by atoms with van der Waals surface area (Å²) >= 11 is 0. The van der Waals surface area contributed by atoms with Crippen molar-refractivity contribution < 1.29 is 13.9 Å². The van der Waals surface area contributed by atoms with Crippen molar-refractivity contribution in [1.82, 2.24) is 4.90 Å². The molecule has 1 heterocycles. The molecule has 108 valence electrons. The van der Waals surface area contributed by atoms with Gasteiger partial charge in [0.1, 0.15) is 5.75 Å². The number of hydrogen-bond acceptors (Lipinski definition) is 2. The first-order chi connectivity index (χ1) is 9.47. The standard InChI is InChI=1S/C16H19F2NO/c17-16(18)4-3-12(8-16)19-9-11-1-2-13(20)7-14(11)15(10-19)5-6-15/h1-2,7,12,20H,3-6,8-10H2. The molecule has 1 atom stereocenters. The summed E-state index contributed by atoms with van der Waals surface area (Å²) < 4.78 is 26.9. The zero-order valence-corrected chi connectivity index (χ0v) is 11.4. The molecule has 2 aliphatic carbocycles. The van der Waals surface area contributed by atoms with Crippen molar-refractivity contribution in [2.24, 2.45) is 0 Å². The number of phenolic OH excluding ortho intramolecular Hbond substituents is 1. The first-order valence-corrected chi connectivity index (χ1v) is 7.42. The molecule has 4 rings (SSSR count). The molecule has 1 aromatic rings. The first kappa shape index (κ1) is 12.6. The molecule has 0 saturated heterocycles. The Kier molecular flexibility index (Phi) is 2.48. The summed E-state index contributed by atoms with van der Waals surface area (Å²) in [5, 5.41) is 9.68. The van der Waals surface area contributed by atoms with E-state index < -0.39 is 5.92 Å². The van der Waals surface area contributed by atoms with Crippen molar-refractivity contribution in [2.45, 2.75) is 56.0 Å². The van der Waals surface area contributed by atoms with Gasteiger partial charge in [0.05, 0.1) is 0 Å². The Labute approximate surface area is 117 Å². The van der Waals surface area contributed by atoms with Gasteiger partial charge in [-0.25, -0.2) is 8.78 Å². The lowest BCUT2D eigenvalue weighted by Gasteiger charge is -2.38. The van der Waals surface area contributed by atoms with Crippen molar-refractivity contribution in [3.05, 3.63) is 29.3 Å². The monoisotopic (exact) mass is 279 g/mol. The summed E-state index contributed by atoms with van der Waals surface area (Å²) in [4.78, 5) is 2.26. The number of fused-ring (bicyclic) bond motifs is 2. The Morgan fingerprint density at radius 1 is 1.20 bits per heavy atom. The minimum Gasteiger partial charge on any atom is -0.508 e. The van der Waals surface area contributed by atoms with Gasteiger partial charge >= 0.3 is 0 Å². The second kappa shape index (κ2) is 3.94. The average molecular weight is 279 g/mol. The molecule has 1 aromatic carbocycles. The Balaban J connectivity index is 1.63. The van der Waals surface area contributed by atoms with Crippen molar-refractivity contribution in [2.75, 3.05) is 6.54 Å². The Hall–Kier alpha value is -1.16. The van der Waals surface area contributed by atoms with E-state index in [1.54, 1.807) is 6.07 Å². The molecule has 0 bridgehead atoms. The number of aromatic hydroxyl groups is 1. The van der Waals surface area contributed by atoms with Gasteiger partial charge in [0.2, 0.25) is 5.92 Å². The fourth-order valence-electron chi connectivity index (χ4n) is 4.02. The fourth-order valence-corrected chi connectivity index (χ4v) is 4.02. The van der Waals surface area contributed by atoms with Crippen LogP contribution >= 0.6 is 0 Å². The van der Waals surface area contributed by atoms with Crippen LogP contribution in [0.4, 0.5) is 8.78 Å². The van der Waals surface area contributed by atoms with E-state index in [0.29, 0.717) is 12.2 Å². The molecule has 1 spiro atoms. The summed E-state index contributed by atoms with van der Waals surface area (Å²) in [5.41, 5.74) is 2.59. The molecule has 3 aliphatic rings. The van der Waals surface area contributed by atoms with Crippen LogP contribution in [0.1, 0.15) is 43.2 Å². The van der Waals surface area contributed by atoms with E-state index in [1.165, 1.54) is 11.1 Å². The number of nitrogens with zero attached hydrogens (tertiary/aromatic N) is 1. The number of benzene rings is 1. The Morgan fingerprint density at radius 2 is 2.00 bits per heavy atom. The first-order valence-electron chi connectivity index (χ1n) is 7.42. The normalized spacial score (nSPS) is 30.4. The van der Waals surface area contributed by atoms with Crippen molar-refractivity contribution in [1.29, 1.82) is 0 Å². The largest absolute Gasteiger partial charge is 0.508 e. The number of hydrogen-bond donors (Lipinski definition) is 1. The van der Waals surface area contributed by atoms with Crippen molar-refractivity contribution >= 4 is 0 Å². The number of halogens is 2. The lowest BCUT2D eigenvalue weighted by Crippen LogP contribution is -2.43. The topological polar surface area (TPSA) is 23.5 Å². The van der Waals surface area contributed by atoms with Crippen LogP contribution in [0.25, 0.3) is 0 Å². The van der Waals surface area contributed by atoms with Gasteiger partial charge in [-0.3, -0.25) is 4.90 Å². The molecule has 4 heteroatoms. The summed E-state index contributed by atoms with van der Waals surface area (Å²) in [6.07, 6.45) is 2.88. The van der Waals surface area contributed by atoms with E-state index in [4.69, 9.17) is 0 Å². The van der Waals surface area contributed by atoms with E-state index in [9.17, 15) is 13.9 Å². The molecule has 1 unspecified atom stereocenters. The molecule has 0 aromatic heterocycles. The molecule has 20 heavy (non-hydrogen) atoms. The maximum absolute atomic E-state index is 13.4. The van der Waals surface area contributed by atoms with Crippen LogP contribution in [0.5, 0.6) is 5.75 Å². The molecular weight excluding hydrogens is 260 g/mol. The zero-order valence-electron chi connectivity index (χ0n) is 11.4. The highest BCUT2D eigenvalue weighted by Gasteiger charge is 2.52. The molecule has 0 radical (unpaired) electrons. The predicted octanol–water partition coefficient (Wildman–Crippen LogP) is 3.43. The summed E-state index contributed by atoms with van der Waals surface area (Å²) in [6, 6.07) is 5.57. The van der Waals surface area contributed by atoms with Crippen LogP contribution in [0, 0.1) is 0 Å². The van der Waals surface area contributed by atoms with Crippen LogP contribution in [-0.4, -0.2) is 28.5 Å². The summed E-state index contributed by atoms with van der Waals surface area (Å²) in [5.74, 6) is -2.16. The van der Waals surface area contributed by atoms with Crippen LogP contribution < -0.4 is 0 Å². The second-order valence-corrected chi connectivity index (χ2v) is 6.78. The van der Waals surface area contributed by atoms with E-state index >= 15 is 0 Å². The van der Waals surface area contributed by atoms with Crippen LogP contribution in [-0.2, 0) is 12.0 Å². The fraction of sp³-hybridized carbons (Fsp3) is 0.625. The van der Waals surface area contributed by atoms with Gasteiger partial charge in [-0.2, -0.15) is 0 Å². The van der Waals surface area contributed by atoms with Gasteiger partial charge in [-0.1, -0.05) is 6.07 Å². The van der Waals surface area contributed by atoms with Crippen molar-refractivity contribution in [3.63, 3.8) is 0 Å². The minimum absolute atomic E-state index is 0.0104. The molecule has 2 nitrogen and oxygen atoms in total. The highest BCUT2D eigenvalue weighted by molar-refractivity contribution is 5.45. The number of alkyl halides is 2. The molecule has 1 N–H and O–H groups in total. The van der Waals surface area contributed by atoms with E-state index in [0.717, 1.165) is 25.9 Å². The lowest BCUT2D eigenvalue weighted by atomic mass is 9.86. The molecule has 1 aliphatic heterocycles. The van der Waals surface area contributed by atoms with Crippen LogP contribution in [0.3, 0.4) is 0 Å². The molecule has 0 amide bonds. The van der Waals surface area contributed by atoms with Gasteiger partial charge in [-0.05, 0) is 42.5 Å². The molecule has 2 fully saturated rings. The third-order valence-corrected chi connectivity index (χ3v) is 5.29. The lowest BCUT2D eigenvalue weighted by molar-refractivity contribution is -0.00112. The zero-order chi connectivity index (χ0) is 14.0. The maximum Gasteiger partial charge on any atom is 0.249 e. The van der Waals surface area contributed by atoms with Crippen LogP contribution in [0.15, 0.2) is 18.2 Å². The third-order valence-electron chi connectivity index (χ3n) is 5.29. The smallest absolute Gasteiger partial charge is 0.249 e.